The standard InChI is InChI=1S/C16H20N2OS.ClH/c1-12-7-9-14(20-12)11-18(2)16(19)10-8-13-5-3-4-6-15(13)17;/h3-7,9H,8,10-11,17H2,1-2H3;1H. The van der Waals surface area contributed by atoms with Crippen molar-refractivity contribution in [1.29, 1.82) is 0 Å². The predicted molar refractivity (Wildman–Crippen MR) is 92.0 cm³/mol. The first-order chi connectivity index (χ1) is 9.56. The second kappa shape index (κ2) is 8.05. The Morgan fingerprint density at radius 2 is 1.95 bits per heavy atom. The molecule has 0 spiro atoms. The molecule has 0 saturated carbocycles. The van der Waals surface area contributed by atoms with Gasteiger partial charge in [-0.25, -0.2) is 0 Å². The van der Waals surface area contributed by atoms with Crippen molar-refractivity contribution in [2.45, 2.75) is 26.3 Å². The van der Waals surface area contributed by atoms with Gasteiger partial charge in [0, 0.05) is 28.9 Å². The van der Waals surface area contributed by atoms with Gasteiger partial charge in [-0.05, 0) is 37.1 Å². The number of amides is 1. The number of nitrogens with zero attached hydrogens (tertiary/aromatic N) is 1. The van der Waals surface area contributed by atoms with Gasteiger partial charge in [0.05, 0.1) is 6.54 Å². The number of hydrogen-bond donors (Lipinski definition) is 1. The molecular weight excluding hydrogens is 304 g/mol. The number of hydrogen-bond acceptors (Lipinski definition) is 3. The van der Waals surface area contributed by atoms with Crippen LogP contribution in [-0.2, 0) is 17.8 Å². The molecule has 1 heterocycles. The number of anilines is 1. The molecule has 0 saturated heterocycles. The Labute approximate surface area is 136 Å². The van der Waals surface area contributed by atoms with Gasteiger partial charge in [0.25, 0.3) is 0 Å². The Hall–Kier alpha value is -1.52. The second-order valence-electron chi connectivity index (χ2n) is 4.96. The fourth-order valence-corrected chi connectivity index (χ4v) is 3.03. The summed E-state index contributed by atoms with van der Waals surface area (Å²) in [6.07, 6.45) is 1.19. The average molecular weight is 325 g/mol. The minimum atomic E-state index is 0. The molecule has 2 aromatic rings. The molecule has 2 rings (SSSR count). The van der Waals surface area contributed by atoms with E-state index in [1.165, 1.54) is 9.75 Å². The molecule has 0 aliphatic rings. The Balaban J connectivity index is 0.00000220. The van der Waals surface area contributed by atoms with Crippen LogP contribution in [0.25, 0.3) is 0 Å². The summed E-state index contributed by atoms with van der Waals surface area (Å²) in [5.41, 5.74) is 7.69. The van der Waals surface area contributed by atoms with Gasteiger partial charge in [0.2, 0.25) is 5.91 Å². The Bertz CT molecular complexity index is 597. The van der Waals surface area contributed by atoms with Crippen LogP contribution in [0.5, 0.6) is 0 Å². The Kier molecular flexibility index (Phi) is 6.72. The summed E-state index contributed by atoms with van der Waals surface area (Å²) in [5.74, 6) is 0.152. The fourth-order valence-electron chi connectivity index (χ4n) is 2.09. The van der Waals surface area contributed by atoms with E-state index < -0.39 is 0 Å². The lowest BCUT2D eigenvalue weighted by molar-refractivity contribution is -0.130. The maximum Gasteiger partial charge on any atom is 0.222 e. The number of para-hydroxylation sites is 1. The number of benzene rings is 1. The monoisotopic (exact) mass is 324 g/mol. The first-order valence-corrected chi connectivity index (χ1v) is 7.50. The van der Waals surface area contributed by atoms with Gasteiger partial charge in [-0.3, -0.25) is 4.79 Å². The minimum Gasteiger partial charge on any atom is -0.399 e. The van der Waals surface area contributed by atoms with Gasteiger partial charge in [0.15, 0.2) is 0 Å². The van der Waals surface area contributed by atoms with Crippen LogP contribution in [0.4, 0.5) is 5.69 Å². The number of nitrogen functional groups attached to an aromatic ring is 1. The highest BCUT2D eigenvalue weighted by Gasteiger charge is 2.11. The predicted octanol–water partition coefficient (Wildman–Crippen LogP) is 3.65. The molecule has 1 amide bonds. The van der Waals surface area contributed by atoms with Gasteiger partial charge >= 0.3 is 0 Å². The third kappa shape index (κ3) is 5.06. The molecule has 0 atom stereocenters. The summed E-state index contributed by atoms with van der Waals surface area (Å²) in [6, 6.07) is 11.9. The lowest BCUT2D eigenvalue weighted by Gasteiger charge is -2.16. The van der Waals surface area contributed by atoms with Crippen molar-refractivity contribution >= 4 is 35.3 Å². The highest BCUT2D eigenvalue weighted by Crippen LogP contribution is 2.18. The van der Waals surface area contributed by atoms with Crippen molar-refractivity contribution in [2.75, 3.05) is 12.8 Å². The van der Waals surface area contributed by atoms with E-state index in [1.807, 2.05) is 31.3 Å². The topological polar surface area (TPSA) is 46.3 Å². The lowest BCUT2D eigenvalue weighted by Crippen LogP contribution is -2.26. The molecule has 5 heteroatoms. The number of rotatable bonds is 5. The zero-order valence-corrected chi connectivity index (χ0v) is 14.0. The molecule has 0 fully saturated rings. The SMILES string of the molecule is Cc1ccc(CN(C)C(=O)CCc2ccccc2N)s1.Cl. The number of carbonyl (C=O) groups excluding carboxylic acids is 1. The first-order valence-electron chi connectivity index (χ1n) is 6.69. The summed E-state index contributed by atoms with van der Waals surface area (Å²) in [4.78, 5) is 16.4. The number of nitrogens with two attached hydrogens (primary N) is 1. The van der Waals surface area contributed by atoms with Crippen molar-refractivity contribution in [1.82, 2.24) is 4.90 Å². The fraction of sp³-hybridized carbons (Fsp3) is 0.312. The minimum absolute atomic E-state index is 0. The summed E-state index contributed by atoms with van der Waals surface area (Å²) < 4.78 is 0. The van der Waals surface area contributed by atoms with Crippen molar-refractivity contribution in [3.63, 3.8) is 0 Å². The van der Waals surface area contributed by atoms with Gasteiger partial charge < -0.3 is 10.6 Å². The molecule has 21 heavy (non-hydrogen) atoms. The van der Waals surface area contributed by atoms with Gasteiger partial charge in [-0.15, -0.1) is 23.7 Å². The van der Waals surface area contributed by atoms with E-state index in [4.69, 9.17) is 5.73 Å². The molecule has 1 aromatic heterocycles. The molecule has 114 valence electrons. The van der Waals surface area contributed by atoms with Crippen LogP contribution in [0.15, 0.2) is 36.4 Å². The maximum atomic E-state index is 12.1. The second-order valence-corrected chi connectivity index (χ2v) is 6.33. The normalized spacial score (nSPS) is 10.0. The third-order valence-electron chi connectivity index (χ3n) is 3.28. The molecule has 0 bridgehead atoms. The van der Waals surface area contributed by atoms with E-state index >= 15 is 0 Å². The number of aryl methyl sites for hydroxylation is 2. The Morgan fingerprint density at radius 3 is 2.57 bits per heavy atom. The van der Waals surface area contributed by atoms with Crippen LogP contribution >= 0.6 is 23.7 Å². The van der Waals surface area contributed by atoms with E-state index in [0.717, 1.165) is 11.3 Å². The molecule has 0 aliphatic heterocycles. The molecule has 0 unspecified atom stereocenters. The van der Waals surface area contributed by atoms with Crippen LogP contribution in [0.1, 0.15) is 21.7 Å². The quantitative estimate of drug-likeness (QED) is 0.853. The number of thiophene rings is 1. The van der Waals surface area contributed by atoms with E-state index in [9.17, 15) is 4.79 Å². The Morgan fingerprint density at radius 1 is 1.24 bits per heavy atom. The largest absolute Gasteiger partial charge is 0.399 e. The molecule has 1 aromatic carbocycles. The number of carbonyl (C=O) groups is 1. The highest BCUT2D eigenvalue weighted by molar-refractivity contribution is 7.11. The van der Waals surface area contributed by atoms with E-state index in [0.29, 0.717) is 19.4 Å². The van der Waals surface area contributed by atoms with E-state index in [1.54, 1.807) is 16.2 Å². The summed E-state index contributed by atoms with van der Waals surface area (Å²) >= 11 is 1.74. The van der Waals surface area contributed by atoms with Gasteiger partial charge in [0.1, 0.15) is 0 Å². The van der Waals surface area contributed by atoms with Crippen LogP contribution in [0, 0.1) is 6.92 Å². The van der Waals surface area contributed by atoms with E-state index in [-0.39, 0.29) is 18.3 Å². The summed E-state index contributed by atoms with van der Waals surface area (Å²) in [7, 11) is 1.85. The molecular formula is C16H21ClN2OS. The van der Waals surface area contributed by atoms with Crippen LogP contribution in [-0.4, -0.2) is 17.9 Å². The lowest BCUT2D eigenvalue weighted by atomic mass is 10.1. The molecule has 2 N–H and O–H groups in total. The first kappa shape index (κ1) is 17.5. The smallest absolute Gasteiger partial charge is 0.222 e. The molecule has 0 radical (unpaired) electrons. The van der Waals surface area contributed by atoms with E-state index in [2.05, 4.69) is 19.1 Å². The molecule has 0 aliphatic carbocycles. The van der Waals surface area contributed by atoms with Crippen molar-refractivity contribution < 1.29 is 4.79 Å². The van der Waals surface area contributed by atoms with Gasteiger partial charge in [-0.1, -0.05) is 18.2 Å². The number of halogens is 1. The zero-order valence-electron chi connectivity index (χ0n) is 12.3. The van der Waals surface area contributed by atoms with Crippen molar-refractivity contribution in [2.24, 2.45) is 0 Å². The molecule has 3 nitrogen and oxygen atoms in total. The van der Waals surface area contributed by atoms with Crippen molar-refractivity contribution in [3.05, 3.63) is 51.7 Å². The van der Waals surface area contributed by atoms with Crippen LogP contribution < -0.4 is 5.73 Å². The van der Waals surface area contributed by atoms with Crippen molar-refractivity contribution in [3.8, 4) is 0 Å². The van der Waals surface area contributed by atoms with Crippen LogP contribution in [0.3, 0.4) is 0 Å². The highest BCUT2D eigenvalue weighted by atomic mass is 35.5. The maximum absolute atomic E-state index is 12.1. The summed E-state index contributed by atoms with van der Waals surface area (Å²) in [5, 5.41) is 0. The van der Waals surface area contributed by atoms with Crippen LogP contribution in [0.2, 0.25) is 0 Å². The van der Waals surface area contributed by atoms with Gasteiger partial charge in [-0.2, -0.15) is 0 Å². The summed E-state index contributed by atoms with van der Waals surface area (Å²) in [6.45, 7) is 2.76. The average Bonchev–Trinajstić information content (AvgIpc) is 2.82. The zero-order chi connectivity index (χ0) is 14.5. The third-order valence-corrected chi connectivity index (χ3v) is 4.26.